The van der Waals surface area contributed by atoms with Crippen molar-refractivity contribution < 1.29 is 14.4 Å². The molecule has 1 aliphatic carbocycles. The SMILES string of the molecule is CCCN(CCN(C(=O)C(C)(C)C)C1CCCCC1)C(=O)[C@@H](Cc1ccc(Cl)cc1)NC(=O)CCN. The number of rotatable bonds is 12. The molecule has 0 radical (unpaired) electrons. The molecule has 1 aromatic carbocycles. The van der Waals surface area contributed by atoms with Gasteiger partial charge >= 0.3 is 0 Å². The maximum Gasteiger partial charge on any atom is 0.245 e. The smallest absolute Gasteiger partial charge is 0.245 e. The number of halogens is 1. The molecule has 0 bridgehead atoms. The fourth-order valence-corrected chi connectivity index (χ4v) is 4.90. The lowest BCUT2D eigenvalue weighted by atomic mass is 9.89. The van der Waals surface area contributed by atoms with Crippen molar-refractivity contribution in [1.82, 2.24) is 15.1 Å². The van der Waals surface area contributed by atoms with E-state index in [1.165, 1.54) is 6.42 Å². The van der Waals surface area contributed by atoms with E-state index < -0.39 is 11.5 Å². The summed E-state index contributed by atoms with van der Waals surface area (Å²) in [6.45, 7) is 9.61. The third-order valence-corrected chi connectivity index (χ3v) is 6.94. The van der Waals surface area contributed by atoms with Crippen molar-refractivity contribution >= 4 is 29.3 Å². The fourth-order valence-electron chi connectivity index (χ4n) is 4.78. The minimum absolute atomic E-state index is 0.132. The van der Waals surface area contributed by atoms with Crippen LogP contribution >= 0.6 is 11.6 Å². The molecular weight excluding hydrogens is 476 g/mol. The molecule has 0 saturated heterocycles. The van der Waals surface area contributed by atoms with Gasteiger partial charge in [0.25, 0.3) is 0 Å². The number of hydrogen-bond donors (Lipinski definition) is 2. The maximum absolute atomic E-state index is 13.8. The zero-order chi connectivity index (χ0) is 26.7. The van der Waals surface area contributed by atoms with E-state index in [4.69, 9.17) is 17.3 Å². The van der Waals surface area contributed by atoms with Crippen LogP contribution in [0.25, 0.3) is 0 Å². The van der Waals surface area contributed by atoms with Gasteiger partial charge in [-0.1, -0.05) is 70.7 Å². The first-order chi connectivity index (χ1) is 17.1. The molecule has 1 aromatic rings. The minimum Gasteiger partial charge on any atom is -0.344 e. The van der Waals surface area contributed by atoms with Gasteiger partial charge in [-0.25, -0.2) is 0 Å². The van der Waals surface area contributed by atoms with Crippen LogP contribution in [0.1, 0.15) is 78.2 Å². The summed E-state index contributed by atoms with van der Waals surface area (Å²) in [7, 11) is 0. The highest BCUT2D eigenvalue weighted by Gasteiger charge is 2.34. The molecule has 3 amide bonds. The van der Waals surface area contributed by atoms with E-state index in [0.29, 0.717) is 31.1 Å². The highest BCUT2D eigenvalue weighted by Crippen LogP contribution is 2.27. The van der Waals surface area contributed by atoms with Crippen LogP contribution in [0.5, 0.6) is 0 Å². The summed E-state index contributed by atoms with van der Waals surface area (Å²) in [5, 5.41) is 3.51. The van der Waals surface area contributed by atoms with Gasteiger partial charge in [0.1, 0.15) is 6.04 Å². The summed E-state index contributed by atoms with van der Waals surface area (Å²) in [6, 6.07) is 6.81. The molecule has 0 unspecified atom stereocenters. The van der Waals surface area contributed by atoms with Gasteiger partial charge in [-0.05, 0) is 37.0 Å². The maximum atomic E-state index is 13.8. The van der Waals surface area contributed by atoms with E-state index in [1.54, 1.807) is 17.0 Å². The van der Waals surface area contributed by atoms with E-state index in [1.807, 2.05) is 44.7 Å². The number of hydrogen-bond acceptors (Lipinski definition) is 4. The monoisotopic (exact) mass is 520 g/mol. The summed E-state index contributed by atoms with van der Waals surface area (Å²) < 4.78 is 0. The Bertz CT molecular complexity index is 847. The number of nitrogens with zero attached hydrogens (tertiary/aromatic N) is 2. The van der Waals surface area contributed by atoms with Crippen molar-refractivity contribution in [3.8, 4) is 0 Å². The lowest BCUT2D eigenvalue weighted by Gasteiger charge is -2.39. The average molecular weight is 521 g/mol. The normalized spacial score (nSPS) is 15.3. The Morgan fingerprint density at radius 3 is 2.25 bits per heavy atom. The molecule has 2 rings (SSSR count). The Morgan fingerprint density at radius 1 is 1.06 bits per heavy atom. The zero-order valence-electron chi connectivity index (χ0n) is 22.5. The van der Waals surface area contributed by atoms with Gasteiger partial charge in [0, 0.05) is 55.5 Å². The van der Waals surface area contributed by atoms with Crippen molar-refractivity contribution in [2.75, 3.05) is 26.2 Å². The van der Waals surface area contributed by atoms with Gasteiger partial charge in [-0.3, -0.25) is 14.4 Å². The summed E-state index contributed by atoms with van der Waals surface area (Å²) in [5.41, 5.74) is 5.99. The summed E-state index contributed by atoms with van der Waals surface area (Å²) in [6.07, 6.45) is 6.80. The number of carbonyl (C=O) groups is 3. The summed E-state index contributed by atoms with van der Waals surface area (Å²) >= 11 is 6.03. The van der Waals surface area contributed by atoms with E-state index in [-0.39, 0.29) is 36.7 Å². The second-order valence-electron chi connectivity index (χ2n) is 10.9. The standard InChI is InChI=1S/C28H45ClN4O3/c1-5-17-32(18-19-33(27(36)28(2,3)4)23-9-7-6-8-10-23)26(35)24(31-25(34)15-16-30)20-21-11-13-22(29)14-12-21/h11-14,23-24H,5-10,15-20,30H2,1-4H3,(H,31,34)/t24-/m1/s1. The van der Waals surface area contributed by atoms with Crippen LogP contribution in [-0.4, -0.2) is 65.8 Å². The fraction of sp³-hybridized carbons (Fsp3) is 0.679. The first kappa shape index (κ1) is 30.1. The second kappa shape index (κ2) is 14.6. The molecule has 1 aliphatic rings. The van der Waals surface area contributed by atoms with Crippen molar-refractivity contribution in [2.45, 2.75) is 91.1 Å². The quantitative estimate of drug-likeness (QED) is 0.432. The molecular formula is C28H45ClN4O3. The molecule has 0 aliphatic heterocycles. The molecule has 0 spiro atoms. The van der Waals surface area contributed by atoms with Crippen LogP contribution in [-0.2, 0) is 20.8 Å². The highest BCUT2D eigenvalue weighted by molar-refractivity contribution is 6.30. The van der Waals surface area contributed by atoms with E-state index in [2.05, 4.69) is 5.32 Å². The molecule has 1 atom stereocenters. The Morgan fingerprint density at radius 2 is 1.69 bits per heavy atom. The average Bonchev–Trinajstić information content (AvgIpc) is 2.84. The predicted octanol–water partition coefficient (Wildman–Crippen LogP) is 4.16. The summed E-state index contributed by atoms with van der Waals surface area (Å²) in [4.78, 5) is 43.3. The van der Waals surface area contributed by atoms with Crippen LogP contribution in [0.2, 0.25) is 5.02 Å². The van der Waals surface area contributed by atoms with Gasteiger partial charge in [0.15, 0.2) is 0 Å². The second-order valence-corrected chi connectivity index (χ2v) is 11.3. The first-order valence-corrected chi connectivity index (χ1v) is 13.8. The number of nitrogens with one attached hydrogen (secondary N) is 1. The third kappa shape index (κ3) is 9.40. The summed E-state index contributed by atoms with van der Waals surface area (Å²) in [5.74, 6) is -0.246. The van der Waals surface area contributed by atoms with Crippen LogP contribution in [0.4, 0.5) is 0 Å². The molecule has 8 heteroatoms. The third-order valence-electron chi connectivity index (χ3n) is 6.69. The molecule has 202 valence electrons. The van der Waals surface area contributed by atoms with Gasteiger partial charge < -0.3 is 20.9 Å². The zero-order valence-corrected chi connectivity index (χ0v) is 23.3. The van der Waals surface area contributed by atoms with Crippen LogP contribution in [0, 0.1) is 5.41 Å². The Labute approximate surface area is 222 Å². The number of nitrogens with two attached hydrogens (primary N) is 1. The highest BCUT2D eigenvalue weighted by atomic mass is 35.5. The van der Waals surface area contributed by atoms with Gasteiger partial charge in [-0.2, -0.15) is 0 Å². The molecule has 0 aromatic heterocycles. The van der Waals surface area contributed by atoms with Crippen LogP contribution in [0.3, 0.4) is 0 Å². The Balaban J connectivity index is 2.22. The van der Waals surface area contributed by atoms with E-state index >= 15 is 0 Å². The van der Waals surface area contributed by atoms with Crippen molar-refractivity contribution in [1.29, 1.82) is 0 Å². The van der Waals surface area contributed by atoms with Gasteiger partial charge in [-0.15, -0.1) is 0 Å². The Hall–Kier alpha value is -2.12. The Kier molecular flexibility index (Phi) is 12.2. The lowest BCUT2D eigenvalue weighted by Crippen LogP contribution is -2.54. The molecule has 3 N–H and O–H groups in total. The number of benzene rings is 1. The number of amides is 3. The largest absolute Gasteiger partial charge is 0.344 e. The van der Waals surface area contributed by atoms with Crippen LogP contribution in [0.15, 0.2) is 24.3 Å². The van der Waals surface area contributed by atoms with Crippen LogP contribution < -0.4 is 11.1 Å². The van der Waals surface area contributed by atoms with E-state index in [0.717, 1.165) is 37.7 Å². The number of carbonyl (C=O) groups excluding carboxylic acids is 3. The molecule has 1 saturated carbocycles. The van der Waals surface area contributed by atoms with Gasteiger partial charge in [0.2, 0.25) is 17.7 Å². The van der Waals surface area contributed by atoms with E-state index in [9.17, 15) is 14.4 Å². The van der Waals surface area contributed by atoms with Crippen molar-refractivity contribution in [3.63, 3.8) is 0 Å². The molecule has 0 heterocycles. The molecule has 1 fully saturated rings. The topological polar surface area (TPSA) is 95.7 Å². The minimum atomic E-state index is -0.710. The van der Waals surface area contributed by atoms with Gasteiger partial charge in [0.05, 0.1) is 0 Å². The first-order valence-electron chi connectivity index (χ1n) is 13.4. The van der Waals surface area contributed by atoms with Crippen molar-refractivity contribution in [2.24, 2.45) is 11.1 Å². The van der Waals surface area contributed by atoms with Crippen molar-refractivity contribution in [3.05, 3.63) is 34.9 Å². The lowest BCUT2D eigenvalue weighted by molar-refractivity contribution is -0.144. The predicted molar refractivity (Wildman–Crippen MR) is 146 cm³/mol. The molecule has 36 heavy (non-hydrogen) atoms. The molecule has 7 nitrogen and oxygen atoms in total.